The largest absolute Gasteiger partial charge is 0.389 e. The Bertz CT molecular complexity index is 772. The van der Waals surface area contributed by atoms with Gasteiger partial charge in [-0.15, -0.1) is 11.6 Å². The Morgan fingerprint density at radius 3 is 2.41 bits per heavy atom. The summed E-state index contributed by atoms with van der Waals surface area (Å²) in [5.74, 6) is 1.54. The van der Waals surface area contributed by atoms with Gasteiger partial charge in [0, 0.05) is 29.4 Å². The zero-order valence-electron chi connectivity index (χ0n) is 18.6. The van der Waals surface area contributed by atoms with E-state index in [-0.39, 0.29) is 12.3 Å². The molecule has 1 amide bonds. The topological polar surface area (TPSA) is 105 Å². The highest BCUT2D eigenvalue weighted by atomic mass is 79.9. The highest BCUT2D eigenvalue weighted by Crippen LogP contribution is 2.29. The van der Waals surface area contributed by atoms with Crippen molar-refractivity contribution in [3.63, 3.8) is 0 Å². The standard InChI is InChI=1S/C11H15BrClF3.C9H16N6O/c1-2-4-10(12)9(6-8-13)5-3-7-11(14,15)16;1-5(2)6-7(10)13-9(15-11-3)14-8(6)12-4-16/h4,6H,2-3,5,7-8H2,1H3;4-5,11H,1-3H3,(H4,10,12,13,14,15,16)/b9-6-,10-4+;. The van der Waals surface area contributed by atoms with Gasteiger partial charge in [-0.1, -0.05) is 48.9 Å². The Balaban J connectivity index is 0.000000601. The van der Waals surface area contributed by atoms with Crippen LogP contribution in [-0.4, -0.2) is 35.5 Å². The first kappa shape index (κ1) is 30.1. The van der Waals surface area contributed by atoms with Crippen molar-refractivity contribution in [2.45, 2.75) is 58.5 Å². The SMILES string of the molecule is CC/C=C(Br)\C(=C/CCl)CCCC(F)(F)F.CNNc1nc(N)c(C(C)C)c(NC=O)n1. The van der Waals surface area contributed by atoms with Crippen molar-refractivity contribution < 1.29 is 18.0 Å². The van der Waals surface area contributed by atoms with Crippen molar-refractivity contribution >= 4 is 51.5 Å². The van der Waals surface area contributed by atoms with Crippen LogP contribution >= 0.6 is 27.5 Å². The van der Waals surface area contributed by atoms with E-state index in [1.165, 1.54) is 0 Å². The van der Waals surface area contributed by atoms with Gasteiger partial charge in [-0.05, 0) is 30.8 Å². The molecule has 0 radical (unpaired) electrons. The number of amides is 1. The number of aromatic nitrogens is 2. The molecular formula is C20H31BrClF3N6O. The maximum atomic E-state index is 12.0. The summed E-state index contributed by atoms with van der Waals surface area (Å²) in [6, 6.07) is 0. The van der Waals surface area contributed by atoms with Gasteiger partial charge in [0.2, 0.25) is 12.4 Å². The molecule has 0 unspecified atom stereocenters. The number of anilines is 3. The number of nitrogen functional groups attached to an aromatic ring is 1. The molecule has 1 aromatic heterocycles. The van der Waals surface area contributed by atoms with Gasteiger partial charge < -0.3 is 11.1 Å². The molecule has 0 spiro atoms. The first-order chi connectivity index (χ1) is 15.0. The molecule has 0 aliphatic carbocycles. The third-order valence-corrected chi connectivity index (χ3v) is 4.89. The molecule has 182 valence electrons. The van der Waals surface area contributed by atoms with E-state index < -0.39 is 12.6 Å². The Hall–Kier alpha value is -1.85. The van der Waals surface area contributed by atoms with Crippen molar-refractivity contribution in [1.29, 1.82) is 0 Å². The van der Waals surface area contributed by atoms with Crippen LogP contribution in [0.2, 0.25) is 0 Å². The summed E-state index contributed by atoms with van der Waals surface area (Å²) >= 11 is 8.90. The van der Waals surface area contributed by atoms with Crippen molar-refractivity contribution in [2.75, 3.05) is 29.4 Å². The van der Waals surface area contributed by atoms with Crippen molar-refractivity contribution in [1.82, 2.24) is 15.4 Å². The Morgan fingerprint density at radius 1 is 1.28 bits per heavy atom. The van der Waals surface area contributed by atoms with Crippen LogP contribution in [-0.2, 0) is 4.79 Å². The molecule has 1 rings (SSSR count). The van der Waals surface area contributed by atoms with Crippen molar-refractivity contribution in [3.8, 4) is 0 Å². The lowest BCUT2D eigenvalue weighted by Gasteiger charge is -2.14. The van der Waals surface area contributed by atoms with Gasteiger partial charge in [0.15, 0.2) is 0 Å². The van der Waals surface area contributed by atoms with Crippen LogP contribution in [0.5, 0.6) is 0 Å². The highest BCUT2D eigenvalue weighted by molar-refractivity contribution is 9.12. The molecule has 0 saturated carbocycles. The molecule has 0 atom stereocenters. The number of carbonyl (C=O) groups is 1. The molecule has 0 aromatic carbocycles. The van der Waals surface area contributed by atoms with Crippen LogP contribution in [0.15, 0.2) is 22.2 Å². The summed E-state index contributed by atoms with van der Waals surface area (Å²) in [7, 11) is 1.68. The predicted molar refractivity (Wildman–Crippen MR) is 129 cm³/mol. The van der Waals surface area contributed by atoms with E-state index >= 15 is 0 Å². The zero-order chi connectivity index (χ0) is 24.7. The van der Waals surface area contributed by atoms with Gasteiger partial charge in [0.1, 0.15) is 11.6 Å². The lowest BCUT2D eigenvalue weighted by atomic mass is 10.1. The van der Waals surface area contributed by atoms with E-state index in [9.17, 15) is 18.0 Å². The number of nitrogens with one attached hydrogen (secondary N) is 3. The van der Waals surface area contributed by atoms with Crippen LogP contribution in [0.3, 0.4) is 0 Å². The third-order valence-electron chi connectivity index (χ3n) is 3.90. The van der Waals surface area contributed by atoms with Gasteiger partial charge in [0.25, 0.3) is 0 Å². The number of nitrogens with two attached hydrogens (primary N) is 1. The quantitative estimate of drug-likeness (QED) is 0.120. The number of halogens is 5. The summed E-state index contributed by atoms with van der Waals surface area (Å²) in [6.45, 7) is 5.88. The van der Waals surface area contributed by atoms with Crippen LogP contribution < -0.4 is 21.9 Å². The van der Waals surface area contributed by atoms with Crippen LogP contribution in [0, 0.1) is 0 Å². The lowest BCUT2D eigenvalue weighted by molar-refractivity contribution is -0.135. The number of hydrogen-bond acceptors (Lipinski definition) is 6. The minimum Gasteiger partial charge on any atom is -0.383 e. The fraction of sp³-hybridized carbons (Fsp3) is 0.550. The first-order valence-corrected chi connectivity index (χ1v) is 11.3. The fourth-order valence-electron chi connectivity index (χ4n) is 2.59. The van der Waals surface area contributed by atoms with E-state index in [4.69, 9.17) is 17.3 Å². The van der Waals surface area contributed by atoms with E-state index in [0.717, 1.165) is 22.0 Å². The van der Waals surface area contributed by atoms with E-state index in [2.05, 4.69) is 42.1 Å². The molecular weight excluding hydrogens is 513 g/mol. The highest BCUT2D eigenvalue weighted by Gasteiger charge is 2.26. The maximum Gasteiger partial charge on any atom is 0.389 e. The summed E-state index contributed by atoms with van der Waals surface area (Å²) in [5, 5.41) is 2.52. The first-order valence-electron chi connectivity index (χ1n) is 9.98. The molecule has 7 nitrogen and oxygen atoms in total. The number of hydrogen-bond donors (Lipinski definition) is 4. The van der Waals surface area contributed by atoms with Gasteiger partial charge >= 0.3 is 6.18 Å². The number of hydrazine groups is 1. The van der Waals surface area contributed by atoms with Gasteiger partial charge in [0.05, 0.1) is 0 Å². The molecule has 32 heavy (non-hydrogen) atoms. The lowest BCUT2D eigenvalue weighted by Crippen LogP contribution is -2.19. The molecule has 1 heterocycles. The number of alkyl halides is 4. The normalized spacial score (nSPS) is 12.3. The van der Waals surface area contributed by atoms with Crippen LogP contribution in [0.4, 0.5) is 30.8 Å². The van der Waals surface area contributed by atoms with E-state index in [1.807, 2.05) is 26.8 Å². The molecule has 5 N–H and O–H groups in total. The summed E-state index contributed by atoms with van der Waals surface area (Å²) in [5.41, 5.74) is 12.8. The predicted octanol–water partition coefficient (Wildman–Crippen LogP) is 5.87. The average molecular weight is 544 g/mol. The summed E-state index contributed by atoms with van der Waals surface area (Å²) in [4.78, 5) is 18.7. The second-order valence-corrected chi connectivity index (χ2v) is 7.96. The maximum absolute atomic E-state index is 12.0. The molecule has 0 aliphatic heterocycles. The monoisotopic (exact) mass is 542 g/mol. The third kappa shape index (κ3) is 12.3. The van der Waals surface area contributed by atoms with Gasteiger partial charge in [-0.2, -0.15) is 23.1 Å². The minimum absolute atomic E-state index is 0.0961. The van der Waals surface area contributed by atoms with E-state index in [0.29, 0.717) is 36.3 Å². The Morgan fingerprint density at radius 2 is 1.94 bits per heavy atom. The fourth-order valence-corrected chi connectivity index (χ4v) is 3.46. The number of carbonyl (C=O) groups excluding carboxylic acids is 1. The van der Waals surface area contributed by atoms with Crippen LogP contribution in [0.25, 0.3) is 0 Å². The average Bonchev–Trinajstić information content (AvgIpc) is 2.67. The minimum atomic E-state index is -4.08. The number of rotatable bonds is 11. The zero-order valence-corrected chi connectivity index (χ0v) is 21.0. The molecule has 1 aromatic rings. The van der Waals surface area contributed by atoms with E-state index in [1.54, 1.807) is 13.1 Å². The smallest absolute Gasteiger partial charge is 0.383 e. The molecule has 0 bridgehead atoms. The molecule has 0 fully saturated rings. The Labute approximate surface area is 200 Å². The van der Waals surface area contributed by atoms with Gasteiger partial charge in [-0.3, -0.25) is 10.2 Å². The Kier molecular flexibility index (Phi) is 15.0. The van der Waals surface area contributed by atoms with Crippen molar-refractivity contribution in [3.05, 3.63) is 27.8 Å². The second-order valence-electron chi connectivity index (χ2n) is 6.80. The molecule has 0 saturated heterocycles. The number of nitrogens with zero attached hydrogens (tertiary/aromatic N) is 2. The molecule has 12 heteroatoms. The summed E-state index contributed by atoms with van der Waals surface area (Å²) in [6.07, 6.45) is 0.727. The number of allylic oxidation sites excluding steroid dienone is 4. The van der Waals surface area contributed by atoms with Crippen molar-refractivity contribution in [2.24, 2.45) is 0 Å². The van der Waals surface area contributed by atoms with Gasteiger partial charge in [-0.25, -0.2) is 5.43 Å². The summed E-state index contributed by atoms with van der Waals surface area (Å²) < 4.78 is 36.8. The van der Waals surface area contributed by atoms with Crippen LogP contribution in [0.1, 0.15) is 57.9 Å². The molecule has 0 aliphatic rings. The second kappa shape index (κ2) is 15.9.